The first-order valence-electron chi connectivity index (χ1n) is 6.10. The van der Waals surface area contributed by atoms with Crippen molar-refractivity contribution in [1.82, 2.24) is 5.32 Å². The van der Waals surface area contributed by atoms with Crippen LogP contribution in [0.1, 0.15) is 24.9 Å². The minimum atomic E-state index is -2.82. The van der Waals surface area contributed by atoms with E-state index in [1.807, 2.05) is 31.2 Å². The van der Waals surface area contributed by atoms with E-state index in [0.717, 1.165) is 11.3 Å². The van der Waals surface area contributed by atoms with Crippen molar-refractivity contribution in [3.05, 3.63) is 29.8 Å². The quantitative estimate of drug-likeness (QED) is 0.900. The monoisotopic (exact) mass is 269 g/mol. The number of nitrogens with one attached hydrogen (secondary N) is 1. The molecule has 0 aliphatic carbocycles. The lowest BCUT2D eigenvalue weighted by molar-refractivity contribution is 0.412. The smallest absolute Gasteiger partial charge is 0.151 e. The van der Waals surface area contributed by atoms with Crippen molar-refractivity contribution in [1.29, 1.82) is 0 Å². The molecule has 2 atom stereocenters. The molecule has 0 amide bonds. The Morgan fingerprint density at radius 3 is 2.83 bits per heavy atom. The molecule has 5 heteroatoms. The second-order valence-corrected chi connectivity index (χ2v) is 6.99. The van der Waals surface area contributed by atoms with Crippen LogP contribution in [-0.2, 0) is 9.84 Å². The largest absolute Gasteiger partial charge is 0.497 e. The number of methoxy groups -OCH3 is 1. The Morgan fingerprint density at radius 2 is 2.22 bits per heavy atom. The Hall–Kier alpha value is -1.07. The van der Waals surface area contributed by atoms with Crippen LogP contribution in [0.3, 0.4) is 0 Å². The first-order valence-corrected chi connectivity index (χ1v) is 7.93. The minimum Gasteiger partial charge on any atom is -0.497 e. The van der Waals surface area contributed by atoms with Gasteiger partial charge in [0.05, 0.1) is 18.6 Å². The summed E-state index contributed by atoms with van der Waals surface area (Å²) in [6.45, 7) is 2.04. The maximum atomic E-state index is 11.4. The van der Waals surface area contributed by atoms with Gasteiger partial charge in [-0.05, 0) is 31.0 Å². The summed E-state index contributed by atoms with van der Waals surface area (Å²) in [5.74, 6) is 1.37. The fourth-order valence-electron chi connectivity index (χ4n) is 2.29. The van der Waals surface area contributed by atoms with Gasteiger partial charge in [0.15, 0.2) is 9.84 Å². The van der Waals surface area contributed by atoms with Crippen molar-refractivity contribution in [3.63, 3.8) is 0 Å². The van der Waals surface area contributed by atoms with E-state index < -0.39 is 9.84 Å². The Balaban J connectivity index is 2.01. The predicted octanol–water partition coefficient (Wildman–Crippen LogP) is 1.53. The van der Waals surface area contributed by atoms with Crippen LogP contribution >= 0.6 is 0 Å². The van der Waals surface area contributed by atoms with Gasteiger partial charge in [0.2, 0.25) is 0 Å². The van der Waals surface area contributed by atoms with Crippen LogP contribution in [0.4, 0.5) is 0 Å². The van der Waals surface area contributed by atoms with Crippen molar-refractivity contribution in [2.24, 2.45) is 0 Å². The maximum Gasteiger partial charge on any atom is 0.151 e. The van der Waals surface area contributed by atoms with E-state index in [1.54, 1.807) is 7.11 Å². The SMILES string of the molecule is COc1cccc([C@@H](C)NC2CCS(=O)(=O)C2)c1. The summed E-state index contributed by atoms with van der Waals surface area (Å²) in [5, 5.41) is 3.37. The van der Waals surface area contributed by atoms with Crippen molar-refractivity contribution < 1.29 is 13.2 Å². The zero-order valence-electron chi connectivity index (χ0n) is 10.7. The van der Waals surface area contributed by atoms with Gasteiger partial charge in [-0.2, -0.15) is 0 Å². The number of ether oxygens (including phenoxy) is 1. The van der Waals surface area contributed by atoms with Gasteiger partial charge in [0, 0.05) is 12.1 Å². The van der Waals surface area contributed by atoms with Gasteiger partial charge in [-0.1, -0.05) is 12.1 Å². The predicted molar refractivity (Wildman–Crippen MR) is 71.6 cm³/mol. The van der Waals surface area contributed by atoms with E-state index >= 15 is 0 Å². The van der Waals surface area contributed by atoms with E-state index in [9.17, 15) is 8.42 Å². The highest BCUT2D eigenvalue weighted by Gasteiger charge is 2.28. The third-order valence-electron chi connectivity index (χ3n) is 3.31. The van der Waals surface area contributed by atoms with E-state index in [1.165, 1.54) is 0 Å². The average molecular weight is 269 g/mol. The van der Waals surface area contributed by atoms with E-state index in [4.69, 9.17) is 4.74 Å². The Labute approximate surface area is 108 Å². The second-order valence-electron chi connectivity index (χ2n) is 4.76. The standard InChI is InChI=1S/C13H19NO3S/c1-10(11-4-3-5-13(8-11)17-2)14-12-6-7-18(15,16)9-12/h3-5,8,10,12,14H,6-7,9H2,1-2H3/t10-,12?/m1/s1. The molecule has 1 unspecified atom stereocenters. The summed E-state index contributed by atoms with van der Waals surface area (Å²) in [7, 11) is -1.18. The topological polar surface area (TPSA) is 55.4 Å². The van der Waals surface area contributed by atoms with Gasteiger partial charge in [0.1, 0.15) is 5.75 Å². The molecule has 2 rings (SSSR count). The summed E-state index contributed by atoms with van der Waals surface area (Å²) >= 11 is 0. The normalized spacial score (nSPS) is 23.8. The Bertz CT molecular complexity index is 513. The van der Waals surface area contributed by atoms with Crippen LogP contribution in [0.25, 0.3) is 0 Å². The molecular weight excluding hydrogens is 250 g/mol. The molecule has 0 bridgehead atoms. The molecule has 18 heavy (non-hydrogen) atoms. The van der Waals surface area contributed by atoms with Crippen LogP contribution in [0.2, 0.25) is 0 Å². The van der Waals surface area contributed by atoms with Crippen LogP contribution in [0.15, 0.2) is 24.3 Å². The molecule has 1 aromatic carbocycles. The van der Waals surface area contributed by atoms with Gasteiger partial charge in [-0.25, -0.2) is 8.42 Å². The third-order valence-corrected chi connectivity index (χ3v) is 5.08. The number of hydrogen-bond acceptors (Lipinski definition) is 4. The number of rotatable bonds is 4. The maximum absolute atomic E-state index is 11.4. The molecule has 1 aliphatic rings. The van der Waals surface area contributed by atoms with Crippen molar-refractivity contribution in [3.8, 4) is 5.75 Å². The Morgan fingerprint density at radius 1 is 1.44 bits per heavy atom. The van der Waals surface area contributed by atoms with Gasteiger partial charge >= 0.3 is 0 Å². The summed E-state index contributed by atoms with van der Waals surface area (Å²) in [6, 6.07) is 8.02. The van der Waals surface area contributed by atoms with Gasteiger partial charge in [0.25, 0.3) is 0 Å². The molecular formula is C13H19NO3S. The molecule has 0 spiro atoms. The third kappa shape index (κ3) is 3.23. The molecule has 1 aromatic rings. The highest BCUT2D eigenvalue weighted by Crippen LogP contribution is 2.21. The number of sulfone groups is 1. The lowest BCUT2D eigenvalue weighted by Crippen LogP contribution is -2.32. The zero-order chi connectivity index (χ0) is 13.2. The molecule has 1 aliphatic heterocycles. The lowest BCUT2D eigenvalue weighted by Gasteiger charge is -2.19. The minimum absolute atomic E-state index is 0.0659. The fraction of sp³-hybridized carbons (Fsp3) is 0.538. The van der Waals surface area contributed by atoms with E-state index in [-0.39, 0.29) is 17.8 Å². The second kappa shape index (κ2) is 5.28. The number of hydrogen-bond donors (Lipinski definition) is 1. The molecule has 100 valence electrons. The molecule has 0 aromatic heterocycles. The summed E-state index contributed by atoms with van der Waals surface area (Å²) in [5.41, 5.74) is 1.11. The fourth-order valence-corrected chi connectivity index (χ4v) is 3.97. The molecule has 0 radical (unpaired) electrons. The van der Waals surface area contributed by atoms with Crippen LogP contribution < -0.4 is 10.1 Å². The van der Waals surface area contributed by atoms with Crippen molar-refractivity contribution in [2.45, 2.75) is 25.4 Å². The summed E-state index contributed by atoms with van der Waals surface area (Å²) < 4.78 is 28.0. The van der Waals surface area contributed by atoms with Gasteiger partial charge in [-0.3, -0.25) is 0 Å². The van der Waals surface area contributed by atoms with Crippen LogP contribution in [0, 0.1) is 0 Å². The number of benzene rings is 1. The van der Waals surface area contributed by atoms with Crippen molar-refractivity contribution in [2.75, 3.05) is 18.6 Å². The molecule has 1 saturated heterocycles. The molecule has 1 N–H and O–H groups in total. The van der Waals surface area contributed by atoms with Gasteiger partial charge < -0.3 is 10.1 Å². The first kappa shape index (κ1) is 13.4. The Kier molecular flexibility index (Phi) is 3.92. The zero-order valence-corrected chi connectivity index (χ0v) is 11.5. The van der Waals surface area contributed by atoms with Crippen LogP contribution in [0.5, 0.6) is 5.75 Å². The van der Waals surface area contributed by atoms with Gasteiger partial charge in [-0.15, -0.1) is 0 Å². The molecule has 1 fully saturated rings. The molecule has 0 saturated carbocycles. The lowest BCUT2D eigenvalue weighted by atomic mass is 10.1. The van der Waals surface area contributed by atoms with Crippen molar-refractivity contribution >= 4 is 9.84 Å². The highest BCUT2D eigenvalue weighted by molar-refractivity contribution is 7.91. The van der Waals surface area contributed by atoms with E-state index in [2.05, 4.69) is 5.32 Å². The van der Waals surface area contributed by atoms with E-state index in [0.29, 0.717) is 12.2 Å². The molecule has 1 heterocycles. The summed E-state index contributed by atoms with van der Waals surface area (Å²) in [4.78, 5) is 0. The highest BCUT2D eigenvalue weighted by atomic mass is 32.2. The molecule has 4 nitrogen and oxygen atoms in total. The average Bonchev–Trinajstić information content (AvgIpc) is 2.68. The summed E-state index contributed by atoms with van der Waals surface area (Å²) in [6.07, 6.45) is 0.705. The van der Waals surface area contributed by atoms with Crippen LogP contribution in [-0.4, -0.2) is 33.1 Å². The first-order chi connectivity index (χ1) is 8.50.